The first kappa shape index (κ1) is 17.9. The molecule has 0 saturated heterocycles. The maximum Gasteiger partial charge on any atom is 0.288 e. The zero-order valence-electron chi connectivity index (χ0n) is 14.1. The smallest absolute Gasteiger partial charge is 0.288 e. The lowest BCUT2D eigenvalue weighted by Crippen LogP contribution is -2.07. The molecule has 2 N–H and O–H groups in total. The number of aromatic nitrogens is 2. The number of nitrogens with one attached hydrogen (secondary N) is 2. The van der Waals surface area contributed by atoms with Gasteiger partial charge in [-0.25, -0.2) is 13.4 Å². The Morgan fingerprint density at radius 1 is 1.23 bits per heavy atom. The molecule has 0 unspecified atom stereocenters. The van der Waals surface area contributed by atoms with Crippen LogP contribution in [0.2, 0.25) is 0 Å². The normalized spacial score (nSPS) is 11.6. The van der Waals surface area contributed by atoms with Crippen molar-refractivity contribution in [3.8, 4) is 0 Å². The molecule has 0 aliphatic rings. The van der Waals surface area contributed by atoms with Crippen molar-refractivity contribution in [2.45, 2.75) is 17.7 Å². The third-order valence-corrected chi connectivity index (χ3v) is 5.04. The van der Waals surface area contributed by atoms with Crippen LogP contribution in [0.25, 0.3) is 11.0 Å². The predicted octanol–water partition coefficient (Wildman–Crippen LogP) is 2.92. The van der Waals surface area contributed by atoms with E-state index in [9.17, 15) is 18.5 Å². The molecule has 0 aliphatic heterocycles. The van der Waals surface area contributed by atoms with E-state index in [1.54, 1.807) is 0 Å². The fraction of sp³-hybridized carbons (Fsp3) is 0.235. The number of para-hydroxylation sites is 2. The van der Waals surface area contributed by atoms with E-state index in [1.165, 1.54) is 18.2 Å². The molecule has 0 atom stereocenters. The third kappa shape index (κ3) is 3.99. The fourth-order valence-electron chi connectivity index (χ4n) is 2.68. The highest BCUT2D eigenvalue weighted by Crippen LogP contribution is 2.27. The van der Waals surface area contributed by atoms with Crippen LogP contribution >= 0.6 is 0 Å². The number of H-pyrrole nitrogens is 1. The van der Waals surface area contributed by atoms with Gasteiger partial charge in [-0.05, 0) is 30.7 Å². The molecule has 0 aliphatic carbocycles. The van der Waals surface area contributed by atoms with Gasteiger partial charge in [-0.2, -0.15) is 0 Å². The number of hydrogen-bond acceptors (Lipinski definition) is 6. The molecule has 3 rings (SSSR count). The zero-order valence-corrected chi connectivity index (χ0v) is 14.9. The van der Waals surface area contributed by atoms with Gasteiger partial charge in [-0.15, -0.1) is 0 Å². The molecule has 0 spiro atoms. The molecule has 0 fully saturated rings. The minimum atomic E-state index is -3.69. The van der Waals surface area contributed by atoms with Gasteiger partial charge in [0, 0.05) is 31.0 Å². The second-order valence-corrected chi connectivity index (χ2v) is 7.93. The molecule has 26 heavy (non-hydrogen) atoms. The summed E-state index contributed by atoms with van der Waals surface area (Å²) in [5, 5.41) is 14.1. The predicted molar refractivity (Wildman–Crippen MR) is 99.1 cm³/mol. The second-order valence-electron chi connectivity index (χ2n) is 5.94. The van der Waals surface area contributed by atoms with Crippen LogP contribution in [0.15, 0.2) is 47.4 Å². The van der Waals surface area contributed by atoms with Gasteiger partial charge < -0.3 is 10.3 Å². The Morgan fingerprint density at radius 2 is 2.00 bits per heavy atom. The Bertz CT molecular complexity index is 1030. The van der Waals surface area contributed by atoms with Crippen LogP contribution in [-0.2, 0) is 16.3 Å². The average Bonchev–Trinajstić information content (AvgIpc) is 3.00. The van der Waals surface area contributed by atoms with Gasteiger partial charge in [0.25, 0.3) is 5.69 Å². The molecule has 136 valence electrons. The van der Waals surface area contributed by atoms with Crippen LogP contribution < -0.4 is 5.32 Å². The van der Waals surface area contributed by atoms with E-state index in [0.29, 0.717) is 12.2 Å². The zero-order chi connectivity index (χ0) is 18.7. The summed E-state index contributed by atoms with van der Waals surface area (Å²) in [6, 6.07) is 11.8. The highest BCUT2D eigenvalue weighted by molar-refractivity contribution is 7.90. The van der Waals surface area contributed by atoms with Crippen molar-refractivity contribution in [1.29, 1.82) is 0 Å². The molecule has 0 amide bonds. The molecule has 1 aromatic heterocycles. The highest BCUT2D eigenvalue weighted by atomic mass is 32.2. The van der Waals surface area contributed by atoms with Crippen molar-refractivity contribution >= 4 is 32.2 Å². The quantitative estimate of drug-likeness (QED) is 0.373. The first-order valence-corrected chi connectivity index (χ1v) is 9.90. The van der Waals surface area contributed by atoms with Crippen molar-refractivity contribution in [2.75, 3.05) is 18.1 Å². The third-order valence-electron chi connectivity index (χ3n) is 3.91. The number of nitro benzene ring substituents is 1. The van der Waals surface area contributed by atoms with E-state index >= 15 is 0 Å². The topological polar surface area (TPSA) is 118 Å². The van der Waals surface area contributed by atoms with Gasteiger partial charge in [0.05, 0.1) is 16.0 Å². The Kier molecular flexibility index (Phi) is 4.90. The van der Waals surface area contributed by atoms with E-state index in [1.807, 2.05) is 24.3 Å². The number of anilines is 1. The molecular weight excluding hydrogens is 356 g/mol. The standard InChI is InChI=1S/C17H18N4O4S/c1-26(24,25)16-11-12(8-9-15(16)21(22)23)18-10-4-7-17-19-13-5-2-3-6-14(13)20-17/h2-3,5-6,8-9,11,18H,4,7,10H2,1H3,(H,19,20). The Hall–Kier alpha value is -2.94. The van der Waals surface area contributed by atoms with E-state index in [0.717, 1.165) is 36.0 Å². The van der Waals surface area contributed by atoms with Crippen molar-refractivity contribution in [1.82, 2.24) is 9.97 Å². The number of sulfone groups is 1. The van der Waals surface area contributed by atoms with Crippen molar-refractivity contribution < 1.29 is 13.3 Å². The van der Waals surface area contributed by atoms with E-state index in [4.69, 9.17) is 0 Å². The van der Waals surface area contributed by atoms with Crippen LogP contribution in [-0.4, -0.2) is 36.1 Å². The Morgan fingerprint density at radius 3 is 2.69 bits per heavy atom. The monoisotopic (exact) mass is 374 g/mol. The van der Waals surface area contributed by atoms with Gasteiger partial charge in [-0.1, -0.05) is 12.1 Å². The minimum Gasteiger partial charge on any atom is -0.385 e. The highest BCUT2D eigenvalue weighted by Gasteiger charge is 2.22. The number of benzene rings is 2. The molecule has 3 aromatic rings. The summed E-state index contributed by atoms with van der Waals surface area (Å²) in [4.78, 5) is 17.7. The van der Waals surface area contributed by atoms with Crippen LogP contribution in [0.3, 0.4) is 0 Å². The average molecular weight is 374 g/mol. The van der Waals surface area contributed by atoms with Crippen LogP contribution in [0.1, 0.15) is 12.2 Å². The number of nitro groups is 1. The number of hydrogen-bond donors (Lipinski definition) is 2. The number of aromatic amines is 1. The SMILES string of the molecule is CS(=O)(=O)c1cc(NCCCc2nc3ccccc3[nH]2)ccc1[N+](=O)[O-]. The van der Waals surface area contributed by atoms with Crippen molar-refractivity contribution in [3.63, 3.8) is 0 Å². The lowest BCUT2D eigenvalue weighted by Gasteiger charge is -2.08. The van der Waals surface area contributed by atoms with Crippen LogP contribution in [0, 0.1) is 10.1 Å². The Labute approximate surface area is 150 Å². The number of nitrogens with zero attached hydrogens (tertiary/aromatic N) is 2. The van der Waals surface area contributed by atoms with Gasteiger partial charge in [0.2, 0.25) is 0 Å². The van der Waals surface area contributed by atoms with Crippen LogP contribution in [0.5, 0.6) is 0 Å². The molecule has 0 saturated carbocycles. The molecule has 0 bridgehead atoms. The molecular formula is C17H18N4O4S. The Balaban J connectivity index is 1.63. The summed E-state index contributed by atoms with van der Waals surface area (Å²) in [6.45, 7) is 0.581. The second kappa shape index (κ2) is 7.12. The van der Waals surface area contributed by atoms with Gasteiger partial charge >= 0.3 is 0 Å². The first-order chi connectivity index (χ1) is 12.3. The summed E-state index contributed by atoms with van der Waals surface area (Å²) in [5.74, 6) is 0.883. The van der Waals surface area contributed by atoms with Gasteiger partial charge in [0.15, 0.2) is 9.84 Å². The fourth-order valence-corrected chi connectivity index (χ4v) is 3.55. The van der Waals surface area contributed by atoms with Crippen LogP contribution in [0.4, 0.5) is 11.4 Å². The maximum absolute atomic E-state index is 11.8. The first-order valence-electron chi connectivity index (χ1n) is 8.00. The summed E-state index contributed by atoms with van der Waals surface area (Å²) in [6.07, 6.45) is 2.46. The largest absolute Gasteiger partial charge is 0.385 e. The summed E-state index contributed by atoms with van der Waals surface area (Å²) < 4.78 is 23.5. The summed E-state index contributed by atoms with van der Waals surface area (Å²) >= 11 is 0. The van der Waals surface area contributed by atoms with E-state index in [-0.39, 0.29) is 4.90 Å². The van der Waals surface area contributed by atoms with E-state index < -0.39 is 20.4 Å². The number of imidazole rings is 1. The maximum atomic E-state index is 11.8. The lowest BCUT2D eigenvalue weighted by atomic mass is 10.2. The minimum absolute atomic E-state index is 0.287. The summed E-state index contributed by atoms with van der Waals surface area (Å²) in [7, 11) is -3.69. The van der Waals surface area contributed by atoms with Crippen molar-refractivity contribution in [3.05, 3.63) is 58.4 Å². The molecule has 1 heterocycles. The summed E-state index contributed by atoms with van der Waals surface area (Å²) in [5.41, 5.74) is 2.02. The molecule has 9 heteroatoms. The molecule has 2 aromatic carbocycles. The molecule has 8 nitrogen and oxygen atoms in total. The number of aryl methyl sites for hydroxylation is 1. The van der Waals surface area contributed by atoms with E-state index in [2.05, 4.69) is 15.3 Å². The van der Waals surface area contributed by atoms with Gasteiger partial charge in [-0.3, -0.25) is 10.1 Å². The lowest BCUT2D eigenvalue weighted by molar-refractivity contribution is -0.387. The van der Waals surface area contributed by atoms with Crippen molar-refractivity contribution in [2.24, 2.45) is 0 Å². The van der Waals surface area contributed by atoms with Gasteiger partial charge in [0.1, 0.15) is 10.7 Å². The molecule has 0 radical (unpaired) electrons. The number of fused-ring (bicyclic) bond motifs is 1. The number of rotatable bonds is 7.